The highest BCUT2D eigenvalue weighted by Crippen LogP contribution is 2.35. The number of hydrogen-bond donors (Lipinski definition) is 2. The lowest BCUT2D eigenvalue weighted by Crippen LogP contribution is -2.05. The topological polar surface area (TPSA) is 62.2 Å². The molecule has 2 aromatic carbocycles. The maximum absolute atomic E-state index is 11.4. The quantitative estimate of drug-likeness (QED) is 0.714. The standard InChI is InChI=1S/C23H20N2O2/c1-15(26)25-18-5-2-4-16(12-18)13-22-20-9-8-19(27)14-17(20)7-10-23-21(22)6-3-11-24-23/h2-6,8-9,11-14,27H,7,10H2,1H3,(H,25,26)/b22-13-. The molecule has 3 aromatic rings. The number of fused-ring (bicyclic) bond motifs is 2. The second-order valence-corrected chi connectivity index (χ2v) is 6.70. The van der Waals surface area contributed by atoms with Gasteiger partial charge in [0.2, 0.25) is 5.91 Å². The number of nitrogens with zero attached hydrogens (tertiary/aromatic N) is 1. The molecule has 1 aromatic heterocycles. The summed E-state index contributed by atoms with van der Waals surface area (Å²) >= 11 is 0. The number of carbonyl (C=O) groups excluding carboxylic acids is 1. The Morgan fingerprint density at radius 2 is 1.96 bits per heavy atom. The molecule has 4 heteroatoms. The fraction of sp³-hybridized carbons (Fsp3) is 0.130. The summed E-state index contributed by atoms with van der Waals surface area (Å²) in [4.78, 5) is 15.9. The Bertz CT molecular complexity index is 1050. The predicted molar refractivity (Wildman–Crippen MR) is 107 cm³/mol. The molecular formula is C23H20N2O2. The minimum Gasteiger partial charge on any atom is -0.508 e. The Hall–Kier alpha value is -3.40. The first kappa shape index (κ1) is 17.0. The van der Waals surface area contributed by atoms with Crippen LogP contribution in [0, 0.1) is 0 Å². The van der Waals surface area contributed by atoms with E-state index in [0.717, 1.165) is 52.0 Å². The fourth-order valence-electron chi connectivity index (χ4n) is 3.56. The van der Waals surface area contributed by atoms with Gasteiger partial charge < -0.3 is 10.4 Å². The molecule has 1 heterocycles. The van der Waals surface area contributed by atoms with Gasteiger partial charge in [-0.25, -0.2) is 0 Å². The molecule has 2 N–H and O–H groups in total. The molecule has 1 amide bonds. The van der Waals surface area contributed by atoms with E-state index in [1.54, 1.807) is 6.07 Å². The number of aromatic hydroxyl groups is 1. The van der Waals surface area contributed by atoms with E-state index in [4.69, 9.17) is 0 Å². The summed E-state index contributed by atoms with van der Waals surface area (Å²) < 4.78 is 0. The first-order valence-corrected chi connectivity index (χ1v) is 8.96. The van der Waals surface area contributed by atoms with E-state index < -0.39 is 0 Å². The largest absolute Gasteiger partial charge is 0.508 e. The maximum Gasteiger partial charge on any atom is 0.221 e. The highest BCUT2D eigenvalue weighted by molar-refractivity contribution is 5.95. The van der Waals surface area contributed by atoms with Crippen LogP contribution in [-0.2, 0) is 17.6 Å². The number of phenols is 1. The lowest BCUT2D eigenvalue weighted by molar-refractivity contribution is -0.114. The van der Waals surface area contributed by atoms with Crippen LogP contribution < -0.4 is 5.32 Å². The van der Waals surface area contributed by atoms with Crippen molar-refractivity contribution in [2.75, 3.05) is 5.32 Å². The molecule has 0 unspecified atom stereocenters. The van der Waals surface area contributed by atoms with E-state index in [9.17, 15) is 9.90 Å². The summed E-state index contributed by atoms with van der Waals surface area (Å²) in [6.45, 7) is 1.50. The number of anilines is 1. The van der Waals surface area contributed by atoms with Gasteiger partial charge in [-0.15, -0.1) is 0 Å². The monoisotopic (exact) mass is 356 g/mol. The van der Waals surface area contributed by atoms with E-state index >= 15 is 0 Å². The molecule has 0 spiro atoms. The van der Waals surface area contributed by atoms with Crippen molar-refractivity contribution >= 4 is 23.2 Å². The molecule has 0 fully saturated rings. The first-order valence-electron chi connectivity index (χ1n) is 8.96. The summed E-state index contributed by atoms with van der Waals surface area (Å²) in [6, 6.07) is 17.3. The molecule has 0 saturated heterocycles. The summed E-state index contributed by atoms with van der Waals surface area (Å²) in [7, 11) is 0. The molecule has 0 aliphatic heterocycles. The molecule has 1 aliphatic carbocycles. The normalized spacial score (nSPS) is 14.2. The number of phenolic OH excluding ortho intramolecular Hbond substituents is 1. The molecular weight excluding hydrogens is 336 g/mol. The van der Waals surface area contributed by atoms with E-state index in [-0.39, 0.29) is 11.7 Å². The number of aromatic nitrogens is 1. The van der Waals surface area contributed by atoms with E-state index in [1.165, 1.54) is 6.92 Å². The van der Waals surface area contributed by atoms with Gasteiger partial charge in [0.05, 0.1) is 0 Å². The number of nitrogens with one attached hydrogen (secondary N) is 1. The maximum atomic E-state index is 11.4. The second-order valence-electron chi connectivity index (χ2n) is 6.70. The highest BCUT2D eigenvalue weighted by Gasteiger charge is 2.19. The minimum atomic E-state index is -0.0929. The number of carbonyl (C=O) groups is 1. The van der Waals surface area contributed by atoms with Gasteiger partial charge in [-0.3, -0.25) is 9.78 Å². The van der Waals surface area contributed by atoms with Crippen LogP contribution in [0.5, 0.6) is 5.75 Å². The van der Waals surface area contributed by atoms with E-state index in [1.807, 2.05) is 48.7 Å². The average molecular weight is 356 g/mol. The Balaban J connectivity index is 1.88. The van der Waals surface area contributed by atoms with Crippen molar-refractivity contribution < 1.29 is 9.90 Å². The van der Waals surface area contributed by atoms with Crippen LogP contribution in [0.3, 0.4) is 0 Å². The highest BCUT2D eigenvalue weighted by atomic mass is 16.3. The number of amides is 1. The Morgan fingerprint density at radius 3 is 2.81 bits per heavy atom. The van der Waals surface area contributed by atoms with Crippen LogP contribution in [-0.4, -0.2) is 16.0 Å². The van der Waals surface area contributed by atoms with Crippen molar-refractivity contribution in [3.63, 3.8) is 0 Å². The zero-order chi connectivity index (χ0) is 18.8. The van der Waals surface area contributed by atoms with Crippen LogP contribution in [0.4, 0.5) is 5.69 Å². The predicted octanol–water partition coefficient (Wildman–Crippen LogP) is 4.43. The summed E-state index contributed by atoms with van der Waals surface area (Å²) in [5.74, 6) is 0.185. The van der Waals surface area contributed by atoms with Crippen molar-refractivity contribution in [2.24, 2.45) is 0 Å². The van der Waals surface area contributed by atoms with Crippen LogP contribution in [0.2, 0.25) is 0 Å². The lowest BCUT2D eigenvalue weighted by atomic mass is 9.93. The third-order valence-electron chi connectivity index (χ3n) is 4.71. The van der Waals surface area contributed by atoms with Gasteiger partial charge in [0.25, 0.3) is 0 Å². The first-order chi connectivity index (χ1) is 13.1. The molecule has 0 atom stereocenters. The molecule has 0 bridgehead atoms. The minimum absolute atomic E-state index is 0.0929. The zero-order valence-electron chi connectivity index (χ0n) is 15.1. The lowest BCUT2D eigenvalue weighted by Gasteiger charge is -2.12. The SMILES string of the molecule is CC(=O)Nc1cccc(/C=C2/c3ccc(O)cc3CCc3ncccc32)c1. The fourth-order valence-corrected chi connectivity index (χ4v) is 3.56. The number of pyridine rings is 1. The zero-order valence-corrected chi connectivity index (χ0v) is 15.1. The average Bonchev–Trinajstić information content (AvgIpc) is 2.79. The number of benzene rings is 2. The van der Waals surface area contributed by atoms with Crippen LogP contribution >= 0.6 is 0 Å². The number of hydrogen-bond acceptors (Lipinski definition) is 3. The molecule has 27 heavy (non-hydrogen) atoms. The number of aryl methyl sites for hydroxylation is 2. The third-order valence-corrected chi connectivity index (χ3v) is 4.71. The molecule has 0 radical (unpaired) electrons. The summed E-state index contributed by atoms with van der Waals surface area (Å²) in [5.41, 5.74) is 7.20. The molecule has 1 aliphatic rings. The van der Waals surface area contributed by atoms with Crippen LogP contribution in [0.1, 0.15) is 34.9 Å². The molecule has 134 valence electrons. The van der Waals surface area contributed by atoms with Gasteiger partial charge in [0, 0.05) is 30.1 Å². The van der Waals surface area contributed by atoms with Gasteiger partial charge >= 0.3 is 0 Å². The molecule has 4 nitrogen and oxygen atoms in total. The summed E-state index contributed by atoms with van der Waals surface area (Å²) in [5, 5.41) is 12.7. The van der Waals surface area contributed by atoms with Crippen molar-refractivity contribution in [3.8, 4) is 5.75 Å². The molecule has 4 rings (SSSR count). The van der Waals surface area contributed by atoms with Crippen molar-refractivity contribution in [1.82, 2.24) is 4.98 Å². The van der Waals surface area contributed by atoms with Crippen LogP contribution in [0.25, 0.3) is 11.6 Å². The van der Waals surface area contributed by atoms with Gasteiger partial charge in [-0.2, -0.15) is 0 Å². The smallest absolute Gasteiger partial charge is 0.221 e. The third kappa shape index (κ3) is 3.60. The van der Waals surface area contributed by atoms with E-state index in [0.29, 0.717) is 0 Å². The van der Waals surface area contributed by atoms with Gasteiger partial charge in [-0.1, -0.05) is 24.3 Å². The summed E-state index contributed by atoms with van der Waals surface area (Å²) in [6.07, 6.45) is 5.60. The van der Waals surface area contributed by atoms with Gasteiger partial charge in [-0.05, 0) is 71.5 Å². The number of rotatable bonds is 2. The van der Waals surface area contributed by atoms with Crippen molar-refractivity contribution in [2.45, 2.75) is 19.8 Å². The Labute approximate surface area is 158 Å². The van der Waals surface area contributed by atoms with E-state index in [2.05, 4.69) is 22.4 Å². The van der Waals surface area contributed by atoms with Crippen LogP contribution in [0.15, 0.2) is 60.8 Å². The van der Waals surface area contributed by atoms with Gasteiger partial charge in [0.1, 0.15) is 5.75 Å². The Kier molecular flexibility index (Phi) is 4.47. The molecule has 0 saturated carbocycles. The Morgan fingerprint density at radius 1 is 1.07 bits per heavy atom. The second kappa shape index (κ2) is 7.08. The van der Waals surface area contributed by atoms with Gasteiger partial charge in [0.15, 0.2) is 0 Å². The van der Waals surface area contributed by atoms with Crippen molar-refractivity contribution in [1.29, 1.82) is 0 Å². The van der Waals surface area contributed by atoms with Crippen molar-refractivity contribution in [3.05, 3.63) is 88.7 Å².